The van der Waals surface area contributed by atoms with Crippen LogP contribution < -0.4 is 5.32 Å². The van der Waals surface area contributed by atoms with E-state index in [4.69, 9.17) is 0 Å². The molecular formula is C16H13N5S. The van der Waals surface area contributed by atoms with Gasteiger partial charge in [0.15, 0.2) is 0 Å². The molecule has 1 aromatic heterocycles. The number of hydrogen-bond donors (Lipinski definition) is 1. The third-order valence-electron chi connectivity index (χ3n) is 3.45. The third kappa shape index (κ3) is 2.37. The first-order valence-electron chi connectivity index (χ1n) is 6.88. The van der Waals surface area contributed by atoms with E-state index in [1.54, 1.807) is 29.1 Å². The smallest absolute Gasteiger partial charge is 0.141 e. The fraction of sp³-hybridized carbons (Fsp3) is 0.0625. The molecule has 0 saturated carbocycles. The van der Waals surface area contributed by atoms with E-state index in [0.717, 1.165) is 22.6 Å². The predicted molar refractivity (Wildman–Crippen MR) is 87.9 cm³/mol. The summed E-state index contributed by atoms with van der Waals surface area (Å²) in [4.78, 5) is 2.47. The van der Waals surface area contributed by atoms with Crippen LogP contribution in [0.3, 0.4) is 0 Å². The predicted octanol–water partition coefficient (Wildman–Crippen LogP) is 3.76. The van der Waals surface area contributed by atoms with Gasteiger partial charge in [-0.05, 0) is 36.8 Å². The second-order valence-corrected chi connectivity index (χ2v) is 6.05. The van der Waals surface area contributed by atoms with Gasteiger partial charge in [-0.1, -0.05) is 30.0 Å². The van der Waals surface area contributed by atoms with E-state index in [2.05, 4.69) is 57.0 Å². The Morgan fingerprint density at radius 2 is 1.82 bits per heavy atom. The van der Waals surface area contributed by atoms with Crippen molar-refractivity contribution < 1.29 is 0 Å². The zero-order valence-corrected chi connectivity index (χ0v) is 12.7. The molecule has 2 aromatic carbocycles. The van der Waals surface area contributed by atoms with Gasteiger partial charge in [-0.25, -0.2) is 4.68 Å². The standard InChI is InChI=1S/C16H13N5S/c1-11(20-21-9-17-18-10-21)12-6-7-16-14(8-12)19-13-4-2-3-5-15(13)22-16/h2-10,19H,1H3. The Morgan fingerprint density at radius 3 is 2.68 bits per heavy atom. The molecule has 5 nitrogen and oxygen atoms in total. The van der Waals surface area contributed by atoms with Crippen LogP contribution >= 0.6 is 11.8 Å². The molecule has 0 fully saturated rings. The highest BCUT2D eigenvalue weighted by Crippen LogP contribution is 2.44. The van der Waals surface area contributed by atoms with Crippen LogP contribution in [0.25, 0.3) is 0 Å². The van der Waals surface area contributed by atoms with Gasteiger partial charge in [0.05, 0.1) is 17.1 Å². The Morgan fingerprint density at radius 1 is 1.05 bits per heavy atom. The summed E-state index contributed by atoms with van der Waals surface area (Å²) in [5.74, 6) is 0. The third-order valence-corrected chi connectivity index (χ3v) is 4.60. The molecule has 0 amide bonds. The van der Waals surface area contributed by atoms with Gasteiger partial charge in [0.1, 0.15) is 12.7 Å². The highest BCUT2D eigenvalue weighted by atomic mass is 32.2. The highest BCUT2D eigenvalue weighted by molar-refractivity contribution is 7.99. The van der Waals surface area contributed by atoms with Gasteiger partial charge in [0.25, 0.3) is 0 Å². The lowest BCUT2D eigenvalue weighted by atomic mass is 10.1. The molecule has 3 aromatic rings. The molecule has 0 atom stereocenters. The zero-order valence-electron chi connectivity index (χ0n) is 11.9. The van der Waals surface area contributed by atoms with E-state index in [0.29, 0.717) is 0 Å². The first-order chi connectivity index (χ1) is 10.8. The lowest BCUT2D eigenvalue weighted by Crippen LogP contribution is -2.03. The Kier molecular flexibility index (Phi) is 3.16. The van der Waals surface area contributed by atoms with Crippen molar-refractivity contribution in [2.45, 2.75) is 16.7 Å². The van der Waals surface area contributed by atoms with Crippen molar-refractivity contribution in [2.24, 2.45) is 5.10 Å². The van der Waals surface area contributed by atoms with Gasteiger partial charge in [0, 0.05) is 9.79 Å². The number of nitrogens with one attached hydrogen (secondary N) is 1. The number of aromatic nitrogens is 3. The van der Waals surface area contributed by atoms with E-state index in [9.17, 15) is 0 Å². The summed E-state index contributed by atoms with van der Waals surface area (Å²) in [6.45, 7) is 1.98. The number of rotatable bonds is 2. The van der Waals surface area contributed by atoms with Crippen molar-refractivity contribution in [2.75, 3.05) is 5.32 Å². The molecule has 0 aliphatic carbocycles. The van der Waals surface area contributed by atoms with Crippen LogP contribution in [0.15, 0.2) is 70.0 Å². The number of nitrogens with zero attached hydrogens (tertiary/aromatic N) is 4. The molecule has 1 N–H and O–H groups in total. The fourth-order valence-electron chi connectivity index (χ4n) is 2.34. The maximum atomic E-state index is 4.46. The lowest BCUT2D eigenvalue weighted by Gasteiger charge is -2.21. The van der Waals surface area contributed by atoms with Gasteiger partial charge in [-0.2, -0.15) is 5.10 Å². The van der Waals surface area contributed by atoms with Gasteiger partial charge in [-0.15, -0.1) is 10.2 Å². The quantitative estimate of drug-likeness (QED) is 0.573. The Hall–Kier alpha value is -2.60. The summed E-state index contributed by atoms with van der Waals surface area (Å²) < 4.78 is 1.60. The number of anilines is 2. The van der Waals surface area contributed by atoms with Crippen LogP contribution in [0.5, 0.6) is 0 Å². The van der Waals surface area contributed by atoms with Crippen LogP contribution in [0.2, 0.25) is 0 Å². The van der Waals surface area contributed by atoms with Crippen molar-refractivity contribution in [1.82, 2.24) is 14.9 Å². The van der Waals surface area contributed by atoms with Crippen LogP contribution in [-0.4, -0.2) is 20.6 Å². The van der Waals surface area contributed by atoms with Crippen molar-refractivity contribution in [1.29, 1.82) is 0 Å². The van der Waals surface area contributed by atoms with Gasteiger partial charge in [-0.3, -0.25) is 0 Å². The maximum Gasteiger partial charge on any atom is 0.141 e. The van der Waals surface area contributed by atoms with Crippen LogP contribution in [0, 0.1) is 0 Å². The molecule has 0 bridgehead atoms. The summed E-state index contributed by atoms with van der Waals surface area (Å²) in [5.41, 5.74) is 4.23. The first-order valence-corrected chi connectivity index (χ1v) is 7.70. The second kappa shape index (κ2) is 5.31. The normalized spacial score (nSPS) is 13.2. The van der Waals surface area contributed by atoms with Crippen LogP contribution in [0.1, 0.15) is 12.5 Å². The van der Waals surface area contributed by atoms with E-state index in [1.807, 2.05) is 13.0 Å². The average molecular weight is 307 g/mol. The minimum Gasteiger partial charge on any atom is -0.354 e. The number of fused-ring (bicyclic) bond motifs is 2. The maximum absolute atomic E-state index is 4.46. The second-order valence-electron chi connectivity index (χ2n) is 4.96. The van der Waals surface area contributed by atoms with Crippen molar-refractivity contribution in [3.63, 3.8) is 0 Å². The molecule has 0 radical (unpaired) electrons. The van der Waals surface area contributed by atoms with Crippen molar-refractivity contribution in [3.05, 3.63) is 60.7 Å². The molecule has 6 heteroatoms. The zero-order chi connectivity index (χ0) is 14.9. The fourth-order valence-corrected chi connectivity index (χ4v) is 3.31. The molecule has 4 rings (SSSR count). The largest absolute Gasteiger partial charge is 0.354 e. The molecule has 2 heterocycles. The molecular weight excluding hydrogens is 294 g/mol. The SMILES string of the molecule is CC(=Nn1cnnc1)c1ccc2c(c1)Nc1ccccc1S2. The molecule has 0 saturated heterocycles. The molecule has 0 spiro atoms. The summed E-state index contributed by atoms with van der Waals surface area (Å²) in [7, 11) is 0. The molecule has 0 unspecified atom stereocenters. The van der Waals surface area contributed by atoms with Crippen LogP contribution in [0.4, 0.5) is 11.4 Å². The number of para-hydroxylation sites is 1. The van der Waals surface area contributed by atoms with E-state index in [1.165, 1.54) is 9.79 Å². The minimum absolute atomic E-state index is 0.910. The van der Waals surface area contributed by atoms with Gasteiger partial charge >= 0.3 is 0 Å². The van der Waals surface area contributed by atoms with E-state index in [-0.39, 0.29) is 0 Å². The number of benzene rings is 2. The summed E-state index contributed by atoms with van der Waals surface area (Å²) >= 11 is 1.78. The molecule has 22 heavy (non-hydrogen) atoms. The number of hydrogen-bond acceptors (Lipinski definition) is 5. The van der Waals surface area contributed by atoms with E-state index < -0.39 is 0 Å². The Labute approximate surface area is 132 Å². The van der Waals surface area contributed by atoms with E-state index >= 15 is 0 Å². The average Bonchev–Trinajstić information content (AvgIpc) is 3.05. The van der Waals surface area contributed by atoms with Crippen molar-refractivity contribution in [3.8, 4) is 0 Å². The Bertz CT molecular complexity index is 855. The van der Waals surface area contributed by atoms with Gasteiger partial charge < -0.3 is 5.32 Å². The van der Waals surface area contributed by atoms with Crippen molar-refractivity contribution >= 4 is 28.8 Å². The monoisotopic (exact) mass is 307 g/mol. The molecule has 108 valence electrons. The topological polar surface area (TPSA) is 55.1 Å². The highest BCUT2D eigenvalue weighted by Gasteiger charge is 2.15. The van der Waals surface area contributed by atoms with Crippen LogP contribution in [-0.2, 0) is 0 Å². The molecule has 1 aliphatic rings. The summed E-state index contributed by atoms with van der Waals surface area (Å²) in [6, 6.07) is 14.7. The summed E-state index contributed by atoms with van der Waals surface area (Å²) in [6.07, 6.45) is 3.15. The Balaban J connectivity index is 1.69. The lowest BCUT2D eigenvalue weighted by molar-refractivity contribution is 0.871. The molecule has 1 aliphatic heterocycles. The summed E-state index contributed by atoms with van der Waals surface area (Å²) in [5, 5.41) is 15.5. The first kappa shape index (κ1) is 13.1. The minimum atomic E-state index is 0.910. The van der Waals surface area contributed by atoms with Gasteiger partial charge in [0.2, 0.25) is 0 Å².